The molecule has 0 aromatic rings. The van der Waals surface area contributed by atoms with Crippen molar-refractivity contribution in [1.29, 1.82) is 0 Å². The van der Waals surface area contributed by atoms with E-state index in [1.165, 1.54) is 6.08 Å². The minimum atomic E-state index is -0.728. The minimum Gasteiger partial charge on any atom is -0.309 e. The van der Waals surface area contributed by atoms with Gasteiger partial charge in [0.2, 0.25) is 0 Å². The van der Waals surface area contributed by atoms with Gasteiger partial charge in [-0.15, -0.1) is 0 Å². The highest BCUT2D eigenvalue weighted by Gasteiger charge is 1.99. The molecule has 0 unspecified atom stereocenters. The van der Waals surface area contributed by atoms with E-state index in [2.05, 4.69) is 23.7 Å². The average molecular weight is 225 g/mol. The first-order valence-electron chi connectivity index (χ1n) is 5.17. The highest BCUT2D eigenvalue weighted by Crippen LogP contribution is 2.13. The molecule has 0 saturated heterocycles. The van der Waals surface area contributed by atoms with Gasteiger partial charge in [0.05, 0.1) is 12.1 Å². The summed E-state index contributed by atoms with van der Waals surface area (Å²) in [7, 11) is 1.73. The maximum atomic E-state index is 13.3. The van der Waals surface area contributed by atoms with Gasteiger partial charge in [-0.05, 0) is 19.5 Å². The van der Waals surface area contributed by atoms with E-state index in [0.717, 1.165) is 12.5 Å². The molecule has 3 heteroatoms. The van der Waals surface area contributed by atoms with Gasteiger partial charge in [-0.25, -0.2) is 8.78 Å². The molecular weight excluding hydrogens is 208 g/mol. The Labute approximate surface area is 95.9 Å². The van der Waals surface area contributed by atoms with Crippen molar-refractivity contribution in [1.82, 2.24) is 5.32 Å². The van der Waals surface area contributed by atoms with Crippen molar-refractivity contribution in [2.24, 2.45) is 0 Å². The van der Waals surface area contributed by atoms with Crippen LogP contribution in [0.5, 0.6) is 0 Å². The Balaban J connectivity index is 4.44. The van der Waals surface area contributed by atoms with Gasteiger partial charge in [-0.1, -0.05) is 31.8 Å². The van der Waals surface area contributed by atoms with E-state index in [4.69, 9.17) is 0 Å². The first-order chi connectivity index (χ1) is 7.61. The molecule has 0 aliphatic rings. The summed E-state index contributed by atoms with van der Waals surface area (Å²) in [6.07, 6.45) is 3.57. The maximum Gasteiger partial charge on any atom is 0.141 e. The van der Waals surface area contributed by atoms with E-state index in [-0.39, 0.29) is 5.57 Å². The number of hydrogen-bond acceptors (Lipinski definition) is 1. The van der Waals surface area contributed by atoms with Gasteiger partial charge < -0.3 is 5.32 Å². The summed E-state index contributed by atoms with van der Waals surface area (Å²) >= 11 is 0. The fourth-order valence-electron chi connectivity index (χ4n) is 0.848. The SMILES string of the molecule is C=C(C#CCNC)/C(F)=C\C(F)=C/CCC. The van der Waals surface area contributed by atoms with E-state index < -0.39 is 11.7 Å². The summed E-state index contributed by atoms with van der Waals surface area (Å²) < 4.78 is 26.3. The van der Waals surface area contributed by atoms with Gasteiger partial charge >= 0.3 is 0 Å². The second kappa shape index (κ2) is 8.87. The number of rotatable bonds is 5. The lowest BCUT2D eigenvalue weighted by Crippen LogP contribution is -2.04. The van der Waals surface area contributed by atoms with Gasteiger partial charge in [0, 0.05) is 6.08 Å². The van der Waals surface area contributed by atoms with Gasteiger partial charge in [0.1, 0.15) is 11.7 Å². The molecule has 0 heterocycles. The van der Waals surface area contributed by atoms with Crippen molar-refractivity contribution in [3.63, 3.8) is 0 Å². The van der Waals surface area contributed by atoms with E-state index in [1.807, 2.05) is 6.92 Å². The molecule has 0 aliphatic carbocycles. The molecule has 0 aliphatic heterocycles. The van der Waals surface area contributed by atoms with Crippen LogP contribution in [-0.2, 0) is 0 Å². The third-order valence-corrected chi connectivity index (χ3v) is 1.69. The van der Waals surface area contributed by atoms with Gasteiger partial charge in [0.15, 0.2) is 0 Å². The molecule has 0 saturated carbocycles. The van der Waals surface area contributed by atoms with E-state index in [1.54, 1.807) is 7.05 Å². The molecule has 1 nitrogen and oxygen atoms in total. The second-order valence-electron chi connectivity index (χ2n) is 3.18. The molecule has 16 heavy (non-hydrogen) atoms. The molecule has 0 spiro atoms. The molecule has 0 atom stereocenters. The molecule has 0 bridgehead atoms. The Morgan fingerprint density at radius 2 is 2.12 bits per heavy atom. The molecule has 0 rings (SSSR count). The summed E-state index contributed by atoms with van der Waals surface area (Å²) in [6.45, 7) is 5.79. The van der Waals surface area contributed by atoms with Gasteiger partial charge in [-0.2, -0.15) is 0 Å². The monoisotopic (exact) mass is 225 g/mol. The van der Waals surface area contributed by atoms with E-state index in [9.17, 15) is 8.78 Å². The van der Waals surface area contributed by atoms with Gasteiger partial charge in [-0.3, -0.25) is 0 Å². The predicted molar refractivity (Wildman–Crippen MR) is 64.1 cm³/mol. The van der Waals surface area contributed by atoms with Crippen LogP contribution in [-0.4, -0.2) is 13.6 Å². The molecule has 0 aromatic heterocycles. The smallest absolute Gasteiger partial charge is 0.141 e. The predicted octanol–water partition coefficient (Wildman–Crippen LogP) is 3.27. The third-order valence-electron chi connectivity index (χ3n) is 1.69. The van der Waals surface area contributed by atoms with Crippen LogP contribution in [0.3, 0.4) is 0 Å². The van der Waals surface area contributed by atoms with Crippen molar-refractivity contribution in [3.05, 3.63) is 36.0 Å². The van der Waals surface area contributed by atoms with Crippen molar-refractivity contribution in [3.8, 4) is 11.8 Å². The molecule has 88 valence electrons. The second-order valence-corrected chi connectivity index (χ2v) is 3.18. The highest BCUT2D eigenvalue weighted by atomic mass is 19.1. The number of unbranched alkanes of at least 4 members (excludes halogenated alkanes) is 1. The zero-order valence-electron chi connectivity index (χ0n) is 9.74. The number of allylic oxidation sites excluding steroid dienone is 5. The largest absolute Gasteiger partial charge is 0.309 e. The van der Waals surface area contributed by atoms with Crippen LogP contribution in [0.2, 0.25) is 0 Å². The van der Waals surface area contributed by atoms with Crippen molar-refractivity contribution in [2.75, 3.05) is 13.6 Å². The van der Waals surface area contributed by atoms with Crippen LogP contribution in [0.15, 0.2) is 36.0 Å². The summed E-state index contributed by atoms with van der Waals surface area (Å²) in [5, 5.41) is 2.79. The average Bonchev–Trinajstić information content (AvgIpc) is 2.26. The Morgan fingerprint density at radius 1 is 1.44 bits per heavy atom. The van der Waals surface area contributed by atoms with Crippen LogP contribution < -0.4 is 5.32 Å². The first-order valence-corrected chi connectivity index (χ1v) is 5.17. The lowest BCUT2D eigenvalue weighted by Gasteiger charge is -1.93. The quantitative estimate of drug-likeness (QED) is 0.559. The molecular formula is C13H17F2N. The first kappa shape index (κ1) is 14.6. The fraction of sp³-hybridized carbons (Fsp3) is 0.385. The fourth-order valence-corrected chi connectivity index (χ4v) is 0.848. The summed E-state index contributed by atoms with van der Waals surface area (Å²) in [5.74, 6) is 3.83. The zero-order chi connectivity index (χ0) is 12.4. The summed E-state index contributed by atoms with van der Waals surface area (Å²) in [6, 6.07) is 0. The number of halogens is 2. The Bertz CT molecular complexity index is 343. The lowest BCUT2D eigenvalue weighted by atomic mass is 10.2. The Morgan fingerprint density at radius 3 is 2.69 bits per heavy atom. The number of hydrogen-bond donors (Lipinski definition) is 1. The maximum absolute atomic E-state index is 13.3. The Hall–Kier alpha value is -1.40. The summed E-state index contributed by atoms with van der Waals surface area (Å²) in [4.78, 5) is 0. The van der Waals surface area contributed by atoms with Crippen LogP contribution >= 0.6 is 0 Å². The zero-order valence-corrected chi connectivity index (χ0v) is 9.74. The van der Waals surface area contributed by atoms with Crippen molar-refractivity contribution >= 4 is 0 Å². The van der Waals surface area contributed by atoms with E-state index >= 15 is 0 Å². The van der Waals surface area contributed by atoms with Crippen LogP contribution in [0.25, 0.3) is 0 Å². The highest BCUT2D eigenvalue weighted by molar-refractivity contribution is 5.42. The van der Waals surface area contributed by atoms with Crippen LogP contribution in [0, 0.1) is 11.8 Å². The molecule has 0 aromatic carbocycles. The normalized spacial score (nSPS) is 12.0. The standard InChI is InChI=1S/C13H17F2N/c1-4-5-8-12(14)10-13(15)11(2)7-6-9-16-3/h8,10,16H,2,4-5,9H2,1,3H3/b12-8+,13-10+. The Kier molecular flexibility index (Phi) is 8.10. The third kappa shape index (κ3) is 6.97. The van der Waals surface area contributed by atoms with Crippen LogP contribution in [0.1, 0.15) is 19.8 Å². The molecule has 0 fully saturated rings. The van der Waals surface area contributed by atoms with Gasteiger partial charge in [0.25, 0.3) is 0 Å². The van der Waals surface area contributed by atoms with Crippen LogP contribution in [0.4, 0.5) is 8.78 Å². The molecule has 1 N–H and O–H groups in total. The summed E-state index contributed by atoms with van der Waals surface area (Å²) in [5.41, 5.74) is -0.00435. The van der Waals surface area contributed by atoms with Crippen molar-refractivity contribution < 1.29 is 8.78 Å². The lowest BCUT2D eigenvalue weighted by molar-refractivity contribution is 0.622. The molecule has 0 radical (unpaired) electrons. The van der Waals surface area contributed by atoms with Crippen molar-refractivity contribution in [2.45, 2.75) is 19.8 Å². The number of nitrogens with one attached hydrogen (secondary N) is 1. The van der Waals surface area contributed by atoms with E-state index in [0.29, 0.717) is 13.0 Å². The topological polar surface area (TPSA) is 12.0 Å². The molecule has 0 amide bonds. The minimum absolute atomic E-state index is 0.00435.